The first-order chi connectivity index (χ1) is 23.2. The van der Waals surface area contributed by atoms with E-state index in [0.717, 1.165) is 0 Å². The van der Waals surface area contributed by atoms with Crippen molar-refractivity contribution < 1.29 is 51.5 Å². The molecule has 49 heavy (non-hydrogen) atoms. The predicted octanol–water partition coefficient (Wildman–Crippen LogP) is 6.14. The molecule has 17 heteroatoms. The Balaban J connectivity index is 1.57. The number of thioether (sulfide) groups is 1. The van der Waals surface area contributed by atoms with E-state index in [1.165, 1.54) is 16.7 Å². The van der Waals surface area contributed by atoms with Crippen molar-refractivity contribution in [1.29, 1.82) is 0 Å². The van der Waals surface area contributed by atoms with Crippen LogP contribution in [0.3, 0.4) is 0 Å². The summed E-state index contributed by atoms with van der Waals surface area (Å²) >= 11 is 1.35. The van der Waals surface area contributed by atoms with Gasteiger partial charge in [-0.3, -0.25) is 18.7 Å². The van der Waals surface area contributed by atoms with Crippen LogP contribution in [-0.4, -0.2) is 95.0 Å². The number of fused-ring (bicyclic) bond motifs is 2. The van der Waals surface area contributed by atoms with Gasteiger partial charge in [0.05, 0.1) is 38.6 Å². The highest BCUT2D eigenvalue weighted by Gasteiger charge is 2.64. The molecule has 2 saturated heterocycles. The highest BCUT2D eigenvalue weighted by atomic mass is 32.2. The molecule has 272 valence electrons. The van der Waals surface area contributed by atoms with Crippen LogP contribution in [0.1, 0.15) is 65.2 Å². The SMILES string of the molecule is CCOc1ccc2cc(NCCC(P(=O)(OCC)OCC)P(=O)(OCC)OCC)ccc2c1C(=O)NC1C(=O)N2C1SC(C)(C)C2C(=O)O. The number of β-lactam (4-membered cyclic amide) rings is 1. The number of ether oxygens (including phenoxy) is 1. The number of carboxylic acids is 1. The summed E-state index contributed by atoms with van der Waals surface area (Å²) in [6.45, 7) is 12.9. The first-order valence-electron chi connectivity index (χ1n) is 16.5. The molecular formula is C32H47N3O11P2S. The maximum atomic E-state index is 13.9. The number of hydrogen-bond acceptors (Lipinski definition) is 12. The van der Waals surface area contributed by atoms with E-state index in [9.17, 15) is 28.6 Å². The summed E-state index contributed by atoms with van der Waals surface area (Å²) in [5.74, 6) is -1.70. The molecule has 4 rings (SSSR count). The molecule has 0 aliphatic carbocycles. The first kappa shape index (κ1) is 39.2. The molecule has 2 heterocycles. The van der Waals surface area contributed by atoms with Gasteiger partial charge in [0, 0.05) is 17.0 Å². The van der Waals surface area contributed by atoms with Crippen molar-refractivity contribution in [2.45, 2.75) is 82.5 Å². The minimum Gasteiger partial charge on any atom is -0.493 e. The quantitative estimate of drug-likeness (QED) is 0.110. The normalized spacial score (nSPS) is 20.3. The number of aliphatic carboxylic acids is 1. The van der Waals surface area contributed by atoms with E-state index in [4.69, 9.17) is 22.8 Å². The van der Waals surface area contributed by atoms with Gasteiger partial charge < -0.3 is 43.5 Å². The Bertz CT molecular complexity index is 1590. The van der Waals surface area contributed by atoms with Crippen molar-refractivity contribution in [3.05, 3.63) is 35.9 Å². The molecule has 0 aromatic heterocycles. The lowest BCUT2D eigenvalue weighted by Crippen LogP contribution is -2.70. The molecule has 2 aromatic carbocycles. The van der Waals surface area contributed by atoms with Gasteiger partial charge in [-0.2, -0.15) is 0 Å². The zero-order valence-electron chi connectivity index (χ0n) is 28.9. The summed E-state index contributed by atoms with van der Waals surface area (Å²) < 4.78 is 55.1. The molecule has 0 spiro atoms. The fourth-order valence-electron chi connectivity index (χ4n) is 6.26. The molecule has 2 aliphatic rings. The fourth-order valence-corrected chi connectivity index (χ4v) is 13.2. The average Bonchev–Trinajstić information content (AvgIpc) is 3.29. The van der Waals surface area contributed by atoms with Crippen molar-refractivity contribution in [2.75, 3.05) is 44.9 Å². The van der Waals surface area contributed by atoms with E-state index >= 15 is 0 Å². The van der Waals surface area contributed by atoms with Crippen LogP contribution in [0, 0.1) is 0 Å². The lowest BCUT2D eigenvalue weighted by Gasteiger charge is -2.43. The molecule has 2 amide bonds. The second-order valence-electron chi connectivity index (χ2n) is 11.8. The molecule has 2 fully saturated rings. The average molecular weight is 744 g/mol. The Kier molecular flexibility index (Phi) is 12.9. The third-order valence-electron chi connectivity index (χ3n) is 8.17. The second kappa shape index (κ2) is 16.1. The van der Waals surface area contributed by atoms with Crippen LogP contribution in [0.5, 0.6) is 5.75 Å². The number of rotatable bonds is 19. The zero-order chi connectivity index (χ0) is 36.1. The van der Waals surface area contributed by atoms with Crippen LogP contribution in [0.4, 0.5) is 5.69 Å². The molecule has 0 radical (unpaired) electrons. The van der Waals surface area contributed by atoms with Crippen molar-refractivity contribution >= 4 is 61.2 Å². The van der Waals surface area contributed by atoms with Crippen LogP contribution in [-0.2, 0) is 36.8 Å². The van der Waals surface area contributed by atoms with Gasteiger partial charge in [0.2, 0.25) is 5.91 Å². The number of anilines is 1. The van der Waals surface area contributed by atoms with E-state index in [-0.39, 0.29) is 45.0 Å². The summed E-state index contributed by atoms with van der Waals surface area (Å²) in [6, 6.07) is 6.98. The molecular weight excluding hydrogens is 696 g/mol. The molecule has 3 atom stereocenters. The lowest BCUT2D eigenvalue weighted by atomic mass is 9.95. The van der Waals surface area contributed by atoms with E-state index in [1.54, 1.807) is 66.7 Å². The fraction of sp³-hybridized carbons (Fsp3) is 0.594. The monoisotopic (exact) mass is 743 g/mol. The molecule has 2 aliphatic heterocycles. The first-order valence-corrected chi connectivity index (χ1v) is 20.6. The van der Waals surface area contributed by atoms with Crippen molar-refractivity contribution in [1.82, 2.24) is 10.2 Å². The summed E-state index contributed by atoms with van der Waals surface area (Å²) in [6.07, 6.45) is 0.0781. The molecule has 0 bridgehead atoms. The van der Waals surface area contributed by atoms with Crippen LogP contribution in [0.15, 0.2) is 30.3 Å². The number of nitrogens with one attached hydrogen (secondary N) is 2. The minimum atomic E-state index is -3.91. The van der Waals surface area contributed by atoms with Crippen molar-refractivity contribution in [3.8, 4) is 5.75 Å². The Morgan fingerprint density at radius 1 is 0.939 bits per heavy atom. The van der Waals surface area contributed by atoms with Gasteiger partial charge >= 0.3 is 21.2 Å². The van der Waals surface area contributed by atoms with Gasteiger partial charge in [-0.05, 0) is 83.9 Å². The Hall–Kier alpha value is -2.64. The number of carbonyl (C=O) groups is 3. The van der Waals surface area contributed by atoms with Crippen molar-refractivity contribution in [3.63, 3.8) is 0 Å². The van der Waals surface area contributed by atoms with Crippen molar-refractivity contribution in [2.24, 2.45) is 0 Å². The Morgan fingerprint density at radius 2 is 1.53 bits per heavy atom. The second-order valence-corrected chi connectivity index (χ2v) is 18.4. The van der Waals surface area contributed by atoms with Gasteiger partial charge in [0.15, 0.2) is 5.40 Å². The summed E-state index contributed by atoms with van der Waals surface area (Å²) in [4.78, 5) is 40.1. The largest absolute Gasteiger partial charge is 0.493 e. The Labute approximate surface area is 291 Å². The molecule has 2 aromatic rings. The number of benzene rings is 2. The topological polar surface area (TPSA) is 179 Å². The van der Waals surface area contributed by atoms with Crippen LogP contribution in [0.2, 0.25) is 0 Å². The zero-order valence-corrected chi connectivity index (χ0v) is 31.5. The molecule has 3 unspecified atom stereocenters. The summed E-state index contributed by atoms with van der Waals surface area (Å²) in [5, 5.41) is 15.5. The molecule has 14 nitrogen and oxygen atoms in total. The van der Waals surface area contributed by atoms with E-state index in [0.29, 0.717) is 28.8 Å². The predicted molar refractivity (Wildman–Crippen MR) is 189 cm³/mol. The minimum absolute atomic E-state index is 0.0781. The van der Waals surface area contributed by atoms with E-state index < -0.39 is 60.6 Å². The smallest absolute Gasteiger partial charge is 0.345 e. The number of amides is 2. The third kappa shape index (κ3) is 7.98. The Morgan fingerprint density at radius 3 is 2.06 bits per heavy atom. The highest BCUT2D eigenvalue weighted by Crippen LogP contribution is 2.71. The lowest BCUT2D eigenvalue weighted by molar-refractivity contribution is -0.159. The van der Waals surface area contributed by atoms with E-state index in [2.05, 4.69) is 10.6 Å². The third-order valence-corrected chi connectivity index (χ3v) is 15.9. The number of carboxylic acid groups (broad SMARTS) is 1. The van der Waals surface area contributed by atoms with Gasteiger partial charge in [-0.25, -0.2) is 4.79 Å². The maximum absolute atomic E-state index is 13.9. The summed E-state index contributed by atoms with van der Waals surface area (Å²) in [5.41, 5.74) is 0.916. The van der Waals surface area contributed by atoms with Gasteiger partial charge in [0.1, 0.15) is 23.2 Å². The van der Waals surface area contributed by atoms with Gasteiger partial charge in [0.25, 0.3) is 5.91 Å². The molecule has 0 saturated carbocycles. The number of nitrogens with zero attached hydrogens (tertiary/aromatic N) is 1. The highest BCUT2D eigenvalue weighted by molar-refractivity contribution is 8.01. The van der Waals surface area contributed by atoms with Crippen LogP contribution < -0.4 is 15.4 Å². The van der Waals surface area contributed by atoms with Crippen LogP contribution in [0.25, 0.3) is 10.8 Å². The maximum Gasteiger partial charge on any atom is 0.345 e. The number of hydrogen-bond donors (Lipinski definition) is 3. The summed E-state index contributed by atoms with van der Waals surface area (Å²) in [7, 11) is -7.81. The number of carbonyl (C=O) groups excluding carboxylic acids is 2. The van der Waals surface area contributed by atoms with Crippen LogP contribution >= 0.6 is 27.0 Å². The van der Waals surface area contributed by atoms with Gasteiger partial charge in [-0.15, -0.1) is 11.8 Å². The molecule has 3 N–H and O–H groups in total. The standard InChI is InChI=1S/C32H47N3O11P2S/c1-8-42-23-16-13-20-19-21(33-18-17-24(47(40,43-9-2)44-10-3)48(41,45-11-4)46-12-5)14-15-22(20)25(23)28(36)34-26-29(37)35-27(31(38)39)32(6,7)49-30(26)35/h13-16,19,24,26-27,30,33H,8-12,17-18H2,1-7H3,(H,34,36)(H,38,39). The van der Waals surface area contributed by atoms with Gasteiger partial charge in [-0.1, -0.05) is 12.1 Å². The van der Waals surface area contributed by atoms with E-state index in [1.807, 2.05) is 12.1 Å².